The van der Waals surface area contributed by atoms with Gasteiger partial charge < -0.3 is 10.6 Å². The maximum Gasteiger partial charge on any atom is 0.273 e. The van der Waals surface area contributed by atoms with E-state index in [0.717, 1.165) is 19.5 Å². The number of piperazine rings is 1. The number of rotatable bonds is 4. The van der Waals surface area contributed by atoms with Crippen molar-refractivity contribution in [1.29, 1.82) is 0 Å². The second-order valence-corrected chi connectivity index (χ2v) is 5.72. The molecule has 2 rings (SSSR count). The Hall–Kier alpha value is -1.05. The summed E-state index contributed by atoms with van der Waals surface area (Å²) < 4.78 is 0. The SMILES string of the molecule is CCC(C(N)=S)N1CCN(C(=O)c2cscn2)CC1. The van der Waals surface area contributed by atoms with Crippen molar-refractivity contribution < 1.29 is 4.79 Å². The molecule has 5 nitrogen and oxygen atoms in total. The average Bonchev–Trinajstić information content (AvgIpc) is 2.93. The highest BCUT2D eigenvalue weighted by Crippen LogP contribution is 2.12. The molecule has 1 aromatic heterocycles. The van der Waals surface area contributed by atoms with E-state index in [1.807, 2.05) is 4.90 Å². The number of aromatic nitrogens is 1. The third kappa shape index (κ3) is 3.29. The van der Waals surface area contributed by atoms with Crippen LogP contribution in [0.4, 0.5) is 0 Å². The molecule has 0 radical (unpaired) electrons. The van der Waals surface area contributed by atoms with Gasteiger partial charge in [0.2, 0.25) is 0 Å². The van der Waals surface area contributed by atoms with Crippen LogP contribution >= 0.6 is 23.6 Å². The largest absolute Gasteiger partial charge is 0.392 e. The standard InChI is InChI=1S/C12H18N4OS2/c1-2-10(11(13)18)15-3-5-16(6-4-15)12(17)9-7-19-8-14-9/h7-8,10H,2-6H2,1H3,(H2,13,18). The van der Waals surface area contributed by atoms with E-state index < -0.39 is 0 Å². The van der Waals surface area contributed by atoms with Crippen LogP contribution in [0.25, 0.3) is 0 Å². The lowest BCUT2D eigenvalue weighted by molar-refractivity contribution is 0.0607. The molecule has 19 heavy (non-hydrogen) atoms. The van der Waals surface area contributed by atoms with Crippen LogP contribution in [0.5, 0.6) is 0 Å². The molecule has 1 atom stereocenters. The second kappa shape index (κ2) is 6.40. The van der Waals surface area contributed by atoms with Gasteiger partial charge in [0, 0.05) is 31.6 Å². The topological polar surface area (TPSA) is 62.5 Å². The molecule has 2 heterocycles. The average molecular weight is 298 g/mol. The monoisotopic (exact) mass is 298 g/mol. The fourth-order valence-electron chi connectivity index (χ4n) is 2.36. The maximum absolute atomic E-state index is 12.1. The molecule has 0 saturated carbocycles. The van der Waals surface area contributed by atoms with Crippen LogP contribution in [-0.2, 0) is 0 Å². The predicted molar refractivity (Wildman–Crippen MR) is 80.5 cm³/mol. The van der Waals surface area contributed by atoms with Crippen molar-refractivity contribution >= 4 is 34.5 Å². The van der Waals surface area contributed by atoms with Crippen LogP contribution in [0.1, 0.15) is 23.8 Å². The number of nitrogens with two attached hydrogens (primary N) is 1. The van der Waals surface area contributed by atoms with E-state index in [9.17, 15) is 4.79 Å². The normalized spacial score (nSPS) is 18.3. The molecular weight excluding hydrogens is 280 g/mol. The number of carbonyl (C=O) groups excluding carboxylic acids is 1. The number of hydrogen-bond acceptors (Lipinski definition) is 5. The van der Waals surface area contributed by atoms with Crippen LogP contribution in [0.15, 0.2) is 10.9 Å². The van der Waals surface area contributed by atoms with E-state index in [2.05, 4.69) is 16.8 Å². The second-order valence-electron chi connectivity index (χ2n) is 4.53. The molecule has 1 unspecified atom stereocenters. The van der Waals surface area contributed by atoms with Gasteiger partial charge in [-0.15, -0.1) is 11.3 Å². The summed E-state index contributed by atoms with van der Waals surface area (Å²) in [4.78, 5) is 20.9. The maximum atomic E-state index is 12.1. The number of hydrogen-bond donors (Lipinski definition) is 1. The van der Waals surface area contributed by atoms with Crippen molar-refractivity contribution in [2.24, 2.45) is 5.73 Å². The van der Waals surface area contributed by atoms with Crippen LogP contribution < -0.4 is 5.73 Å². The van der Waals surface area contributed by atoms with Gasteiger partial charge in [-0.3, -0.25) is 9.69 Å². The molecule has 2 N–H and O–H groups in total. The van der Waals surface area contributed by atoms with Gasteiger partial charge in [-0.2, -0.15) is 0 Å². The minimum Gasteiger partial charge on any atom is -0.392 e. The first kappa shape index (κ1) is 14.4. The lowest BCUT2D eigenvalue weighted by atomic mass is 10.1. The molecule has 1 aromatic rings. The zero-order valence-corrected chi connectivity index (χ0v) is 12.5. The molecule has 0 spiro atoms. The third-order valence-corrected chi connectivity index (χ3v) is 4.27. The molecule has 7 heteroatoms. The molecule has 0 bridgehead atoms. The van der Waals surface area contributed by atoms with Crippen molar-refractivity contribution in [1.82, 2.24) is 14.8 Å². The van der Waals surface area contributed by atoms with Crippen molar-refractivity contribution in [3.05, 3.63) is 16.6 Å². The van der Waals surface area contributed by atoms with E-state index in [4.69, 9.17) is 18.0 Å². The Bertz CT molecular complexity index is 441. The first-order valence-electron chi connectivity index (χ1n) is 6.34. The Labute approximate surface area is 122 Å². The summed E-state index contributed by atoms with van der Waals surface area (Å²) >= 11 is 6.53. The van der Waals surface area contributed by atoms with E-state index in [1.165, 1.54) is 11.3 Å². The molecule has 1 amide bonds. The molecule has 1 saturated heterocycles. The summed E-state index contributed by atoms with van der Waals surface area (Å²) in [6, 6.07) is 0.145. The zero-order valence-electron chi connectivity index (χ0n) is 10.9. The summed E-state index contributed by atoms with van der Waals surface area (Å²) in [6.07, 6.45) is 0.912. The van der Waals surface area contributed by atoms with Gasteiger partial charge in [-0.1, -0.05) is 19.1 Å². The highest BCUT2D eigenvalue weighted by molar-refractivity contribution is 7.80. The summed E-state index contributed by atoms with van der Waals surface area (Å²) in [7, 11) is 0. The van der Waals surface area contributed by atoms with Gasteiger partial charge in [0.1, 0.15) is 5.69 Å². The quantitative estimate of drug-likeness (QED) is 0.839. The first-order chi connectivity index (χ1) is 9.13. The van der Waals surface area contributed by atoms with Gasteiger partial charge in [0.25, 0.3) is 5.91 Å². The smallest absolute Gasteiger partial charge is 0.273 e. The molecule has 1 aliphatic heterocycles. The van der Waals surface area contributed by atoms with Crippen molar-refractivity contribution in [3.8, 4) is 0 Å². The Morgan fingerprint density at radius 1 is 1.53 bits per heavy atom. The highest BCUT2D eigenvalue weighted by atomic mass is 32.1. The molecule has 1 fully saturated rings. The van der Waals surface area contributed by atoms with E-state index in [1.54, 1.807) is 10.9 Å². The summed E-state index contributed by atoms with van der Waals surface area (Å²) in [5.74, 6) is 0.0178. The zero-order chi connectivity index (χ0) is 13.8. The van der Waals surface area contributed by atoms with Gasteiger partial charge in [0.15, 0.2) is 0 Å². The fourth-order valence-corrected chi connectivity index (χ4v) is 3.20. The Balaban J connectivity index is 1.92. The Morgan fingerprint density at radius 3 is 2.68 bits per heavy atom. The number of amides is 1. The van der Waals surface area contributed by atoms with Crippen LogP contribution in [0.3, 0.4) is 0 Å². The fraction of sp³-hybridized carbons (Fsp3) is 0.583. The van der Waals surface area contributed by atoms with Crippen LogP contribution in [-0.4, -0.2) is 57.9 Å². The van der Waals surface area contributed by atoms with Crippen LogP contribution in [0.2, 0.25) is 0 Å². The van der Waals surface area contributed by atoms with E-state index in [0.29, 0.717) is 23.8 Å². The Kier molecular flexibility index (Phi) is 4.84. The van der Waals surface area contributed by atoms with E-state index in [-0.39, 0.29) is 11.9 Å². The highest BCUT2D eigenvalue weighted by Gasteiger charge is 2.27. The predicted octanol–water partition coefficient (Wildman–Crippen LogP) is 0.966. The van der Waals surface area contributed by atoms with Gasteiger partial charge in [0.05, 0.1) is 16.5 Å². The summed E-state index contributed by atoms with van der Waals surface area (Å²) in [5, 5.41) is 1.79. The van der Waals surface area contributed by atoms with Gasteiger partial charge in [-0.05, 0) is 6.42 Å². The Morgan fingerprint density at radius 2 is 2.21 bits per heavy atom. The molecule has 104 valence electrons. The minimum atomic E-state index is 0.0178. The number of nitrogens with zero attached hydrogens (tertiary/aromatic N) is 3. The molecule has 0 aromatic carbocycles. The summed E-state index contributed by atoms with van der Waals surface area (Å²) in [6.45, 7) is 5.11. The number of thiocarbonyl (C=S) groups is 1. The first-order valence-corrected chi connectivity index (χ1v) is 7.69. The van der Waals surface area contributed by atoms with E-state index >= 15 is 0 Å². The lowest BCUT2D eigenvalue weighted by Gasteiger charge is -2.38. The van der Waals surface area contributed by atoms with Gasteiger partial charge >= 0.3 is 0 Å². The lowest BCUT2D eigenvalue weighted by Crippen LogP contribution is -2.54. The van der Waals surface area contributed by atoms with Crippen LogP contribution in [0, 0.1) is 0 Å². The molecule has 1 aliphatic rings. The molecular formula is C12H18N4OS2. The van der Waals surface area contributed by atoms with Crippen molar-refractivity contribution in [3.63, 3.8) is 0 Å². The van der Waals surface area contributed by atoms with Gasteiger partial charge in [-0.25, -0.2) is 4.98 Å². The molecule has 0 aliphatic carbocycles. The number of thiazole rings is 1. The number of carbonyl (C=O) groups is 1. The summed E-state index contributed by atoms with van der Waals surface area (Å²) in [5.41, 5.74) is 7.98. The van der Waals surface area contributed by atoms with Crippen molar-refractivity contribution in [2.75, 3.05) is 26.2 Å². The third-order valence-electron chi connectivity index (χ3n) is 3.41. The van der Waals surface area contributed by atoms with Crippen molar-refractivity contribution in [2.45, 2.75) is 19.4 Å². The minimum absolute atomic E-state index is 0.0178.